The number of rotatable bonds is 46. The summed E-state index contributed by atoms with van der Waals surface area (Å²) in [7, 11) is 0. The molecule has 14 amide bonds. The third kappa shape index (κ3) is 30.2. The summed E-state index contributed by atoms with van der Waals surface area (Å²) in [4.78, 5) is 230. The van der Waals surface area contributed by atoms with E-state index in [-0.39, 0.29) is 50.0 Å². The van der Waals surface area contributed by atoms with E-state index in [4.69, 9.17) is 5.73 Å². The Kier molecular flexibility index (Phi) is 38.7. The number of carboxylic acid groups (broad SMARTS) is 3. The lowest BCUT2D eigenvalue weighted by atomic mass is 9.96. The monoisotopic (exact) mass is 1560 g/mol. The molecule has 41 heteroatoms. The molecule has 0 saturated carbocycles. The summed E-state index contributed by atoms with van der Waals surface area (Å²) in [5, 5.41) is 120. The first kappa shape index (κ1) is 93.2. The maximum Gasteiger partial charge on any atom is 0.328 e. The van der Waals surface area contributed by atoms with Gasteiger partial charge in [-0.15, -0.1) is 0 Å². The summed E-state index contributed by atoms with van der Waals surface area (Å²) in [6.07, 6.45) is -5.18. The molecule has 0 bridgehead atoms. The number of phenols is 1. The molecule has 0 radical (unpaired) electrons. The van der Waals surface area contributed by atoms with Crippen LogP contribution in [0, 0.1) is 11.8 Å². The van der Waals surface area contributed by atoms with Crippen LogP contribution >= 0.6 is 0 Å². The highest BCUT2D eigenvalue weighted by atomic mass is 16.4. The van der Waals surface area contributed by atoms with E-state index in [1.807, 2.05) is 5.32 Å². The Balaban J connectivity index is 1.93. The molecule has 24 N–H and O–H groups in total. The second-order valence-corrected chi connectivity index (χ2v) is 26.9. The molecule has 17 atom stereocenters. The van der Waals surface area contributed by atoms with E-state index in [2.05, 4.69) is 63.8 Å². The van der Waals surface area contributed by atoms with Gasteiger partial charge in [0.1, 0.15) is 90.3 Å². The summed E-state index contributed by atoms with van der Waals surface area (Å²) in [6, 6.07) is -11.8. The smallest absolute Gasteiger partial charge is 0.328 e. The van der Waals surface area contributed by atoms with Gasteiger partial charge < -0.3 is 126 Å². The molecule has 1 saturated heterocycles. The second kappa shape index (κ2) is 45.7. The summed E-state index contributed by atoms with van der Waals surface area (Å²) in [5.74, 6) is -21.5. The summed E-state index contributed by atoms with van der Waals surface area (Å²) in [5.41, 5.74) is 6.14. The lowest BCUT2D eigenvalue weighted by molar-refractivity contribution is -0.146. The highest BCUT2D eigenvalue weighted by molar-refractivity contribution is 6.01. The number of nitrogens with two attached hydrogens (primary N) is 1. The first-order chi connectivity index (χ1) is 51.7. The minimum atomic E-state index is -1.99. The number of aliphatic hydroxyl groups is 5. The van der Waals surface area contributed by atoms with Crippen LogP contribution in [0.2, 0.25) is 0 Å². The summed E-state index contributed by atoms with van der Waals surface area (Å²) in [6.45, 7) is 6.93. The molecule has 0 aliphatic carbocycles. The van der Waals surface area contributed by atoms with Gasteiger partial charge in [0.25, 0.3) is 0 Å². The normalized spacial score (nSPS) is 16.9. The Hall–Kier alpha value is -11.0. The van der Waals surface area contributed by atoms with Crippen molar-refractivity contribution in [3.05, 3.63) is 65.7 Å². The van der Waals surface area contributed by atoms with Crippen molar-refractivity contribution in [2.45, 2.75) is 210 Å². The molecule has 110 heavy (non-hydrogen) atoms. The number of aliphatic hydroxyl groups excluding tert-OH is 5. The summed E-state index contributed by atoms with van der Waals surface area (Å²) < 4.78 is 0. The predicted molar refractivity (Wildman–Crippen MR) is 382 cm³/mol. The number of carbonyl (C=O) groups excluding carboxylic acids is 14. The van der Waals surface area contributed by atoms with Gasteiger partial charge in [-0.1, -0.05) is 76.6 Å². The largest absolute Gasteiger partial charge is 0.508 e. The number of aliphatic carboxylic acids is 3. The Morgan fingerprint density at radius 3 is 1.35 bits per heavy atom. The minimum absolute atomic E-state index is 0.0614. The van der Waals surface area contributed by atoms with E-state index in [0.717, 1.165) is 11.8 Å². The van der Waals surface area contributed by atoms with Gasteiger partial charge in [-0.3, -0.25) is 76.7 Å². The molecule has 2 aromatic rings. The maximum atomic E-state index is 14.7. The fraction of sp³-hybridized carbons (Fsp3) is 0.580. The molecule has 1 fully saturated rings. The quantitative estimate of drug-likeness (QED) is 0.0293. The fourth-order valence-corrected chi connectivity index (χ4v) is 10.9. The van der Waals surface area contributed by atoms with Gasteiger partial charge in [-0.25, -0.2) is 4.79 Å². The highest BCUT2D eigenvalue weighted by Gasteiger charge is 2.43. The molecule has 41 nitrogen and oxygen atoms in total. The molecule has 610 valence electrons. The molecule has 0 spiro atoms. The van der Waals surface area contributed by atoms with Crippen LogP contribution in [-0.2, 0) is 94.3 Å². The number of hydrogen-bond donors (Lipinski definition) is 23. The minimum Gasteiger partial charge on any atom is -0.508 e. The number of hydrogen-bond acceptors (Lipinski definition) is 24. The van der Waals surface area contributed by atoms with Crippen LogP contribution in [0.4, 0.5) is 0 Å². The van der Waals surface area contributed by atoms with Crippen LogP contribution in [0.5, 0.6) is 5.75 Å². The number of aromatic hydroxyl groups is 1. The van der Waals surface area contributed by atoms with Gasteiger partial charge >= 0.3 is 17.9 Å². The average molecular weight is 1560 g/mol. The topological polar surface area (TPSA) is 658 Å². The van der Waals surface area contributed by atoms with Crippen molar-refractivity contribution in [3.8, 4) is 5.75 Å². The van der Waals surface area contributed by atoms with Crippen LogP contribution in [0.25, 0.3) is 0 Å². The van der Waals surface area contributed by atoms with Gasteiger partial charge in [0.15, 0.2) is 0 Å². The molecule has 0 unspecified atom stereocenters. The Morgan fingerprint density at radius 2 is 0.864 bits per heavy atom. The lowest BCUT2D eigenvalue weighted by Gasteiger charge is -2.31. The van der Waals surface area contributed by atoms with Gasteiger partial charge in [-0.2, -0.15) is 0 Å². The number of likely N-dealkylation sites (tertiary alicyclic amines) is 1. The van der Waals surface area contributed by atoms with Gasteiger partial charge in [0.2, 0.25) is 82.7 Å². The highest BCUT2D eigenvalue weighted by Crippen LogP contribution is 2.21. The third-order valence-electron chi connectivity index (χ3n) is 17.4. The zero-order chi connectivity index (χ0) is 83.0. The Morgan fingerprint density at radius 1 is 0.455 bits per heavy atom. The van der Waals surface area contributed by atoms with E-state index in [1.165, 1.54) is 52.0 Å². The number of nitrogens with one attached hydrogen (secondary N) is 13. The Bertz CT molecular complexity index is 3550. The van der Waals surface area contributed by atoms with Crippen molar-refractivity contribution in [2.75, 3.05) is 33.0 Å². The molecule has 1 aliphatic rings. The van der Waals surface area contributed by atoms with E-state index in [9.17, 15) is 127 Å². The first-order valence-corrected chi connectivity index (χ1v) is 35.3. The van der Waals surface area contributed by atoms with Gasteiger partial charge in [-0.05, 0) is 88.5 Å². The zero-order valence-corrected chi connectivity index (χ0v) is 62.0. The predicted octanol–water partition coefficient (Wildman–Crippen LogP) is -8.28. The van der Waals surface area contributed by atoms with Gasteiger partial charge in [0.05, 0.1) is 45.0 Å². The Labute approximate surface area is 631 Å². The van der Waals surface area contributed by atoms with E-state index in [1.54, 1.807) is 51.1 Å². The van der Waals surface area contributed by atoms with Gasteiger partial charge in [0, 0.05) is 25.8 Å². The van der Waals surface area contributed by atoms with Crippen molar-refractivity contribution in [1.82, 2.24) is 74.0 Å². The van der Waals surface area contributed by atoms with E-state index >= 15 is 0 Å². The average Bonchev–Trinajstić information content (AvgIpc) is 1.56. The molecule has 3 rings (SSSR count). The van der Waals surface area contributed by atoms with Crippen LogP contribution in [0.15, 0.2) is 54.6 Å². The molecular formula is C69H103N15O26. The summed E-state index contributed by atoms with van der Waals surface area (Å²) >= 11 is 0. The van der Waals surface area contributed by atoms with Crippen LogP contribution in [0.1, 0.15) is 111 Å². The van der Waals surface area contributed by atoms with Crippen molar-refractivity contribution >= 4 is 101 Å². The number of carbonyl (C=O) groups is 17. The van der Waals surface area contributed by atoms with Crippen molar-refractivity contribution in [3.63, 3.8) is 0 Å². The third-order valence-corrected chi connectivity index (χ3v) is 17.4. The molecule has 1 heterocycles. The van der Waals surface area contributed by atoms with E-state index < -0.39 is 261 Å². The van der Waals surface area contributed by atoms with Crippen molar-refractivity contribution in [1.29, 1.82) is 0 Å². The lowest BCUT2D eigenvalue weighted by Crippen LogP contribution is -2.63. The molecular weight excluding hydrogens is 1450 g/mol. The maximum absolute atomic E-state index is 14.7. The van der Waals surface area contributed by atoms with Crippen LogP contribution in [0.3, 0.4) is 0 Å². The second-order valence-electron chi connectivity index (χ2n) is 26.9. The van der Waals surface area contributed by atoms with Crippen LogP contribution in [-0.4, -0.2) is 281 Å². The molecule has 0 aromatic heterocycles. The van der Waals surface area contributed by atoms with Crippen molar-refractivity contribution < 1.29 is 127 Å². The number of carboxylic acids is 3. The number of amides is 14. The van der Waals surface area contributed by atoms with Crippen molar-refractivity contribution in [2.24, 2.45) is 17.6 Å². The fourth-order valence-electron chi connectivity index (χ4n) is 10.9. The SMILES string of the molecule is CC[C@H](C)[C@H](NC(=O)[C@@H](NC(=O)[C@H](Cc1ccc(O)cc1)NC(=O)[C@H](CCC(=O)O)NC(=O)[C@H](Cc1ccccc1)NC(=O)[C@H](CO)NC(=O)[C@H](C)NC(=O)[C@H](C)NC(=O)[C@H](CO)NC(=O)[C@H](C)N)[C@@H](C)O)C(=O)N[C@@H](CC(C)C)C(=O)N[C@@H](CC(=O)O)C(=O)N1CCC[C@H]1C(=O)N[C@@H](CO)C(=O)N[C@@H](CO)C(=O)O. The first-order valence-electron chi connectivity index (χ1n) is 35.3. The number of nitrogens with zero attached hydrogens (tertiary/aromatic N) is 1. The van der Waals surface area contributed by atoms with E-state index in [0.29, 0.717) is 5.56 Å². The molecule has 2 aromatic carbocycles. The zero-order valence-electron chi connectivity index (χ0n) is 62.0. The molecule has 1 aliphatic heterocycles. The number of benzene rings is 2. The standard InChI is InChI=1S/C69H103N15O26/c1-9-33(4)53(66(106)76-42(24-32(2)3)59(99)77-45(27-52(93)94)68(108)84-23-13-16-50(84)65(105)80-48(30-87)64(104)81-49(31-88)69(109)110)82-67(107)54(37(8)89)83-61(101)44(26-39-17-19-40(90)20-18-39)74-58(98)41(21-22-51(91)92)73-60(100)43(25-38-14-11-10-12-15-38)75-63(103)47(29-86)79-57(97)36(7)71-56(96)35(6)72-62(102)46(28-85)78-55(95)34(5)70/h10-12,14-15,17-20,32-37,41-50,53-54,85-90H,9,13,16,21-31,70H2,1-8H3,(H,71,96)(H,72,102)(H,73,100)(H,74,98)(H,75,103)(H,76,106)(H,77,99)(H,78,95)(H,79,97)(H,80,105)(H,81,104)(H,82,107)(H,83,101)(H,91,92)(H,93,94)(H,109,110)/t33-,34-,35-,36-,37+,41-,42-,43-,44-,45-,46-,47-,48-,49-,50-,53-,54-/m0/s1. The number of phenolic OH excluding ortho intramolecular Hbond substituents is 1. The van der Waals surface area contributed by atoms with Crippen LogP contribution < -0.4 is 74.9 Å².